The minimum Gasteiger partial charge on any atom is -0.382 e. The molecule has 0 aliphatic carbocycles. The molecule has 4 heteroatoms. The van der Waals surface area contributed by atoms with Gasteiger partial charge in [-0.3, -0.25) is 0 Å². The molecule has 0 bridgehead atoms. The predicted octanol–water partition coefficient (Wildman–Crippen LogP) is 3.07. The fourth-order valence-electron chi connectivity index (χ4n) is 1.42. The smallest absolute Gasteiger partial charge is 0.127 e. The summed E-state index contributed by atoms with van der Waals surface area (Å²) in [5.74, 6) is 3.32. The van der Waals surface area contributed by atoms with Gasteiger partial charge in [0.2, 0.25) is 0 Å². The third-order valence-electron chi connectivity index (χ3n) is 2.33. The van der Waals surface area contributed by atoms with E-state index >= 15 is 0 Å². The molecule has 0 aliphatic rings. The lowest BCUT2D eigenvalue weighted by molar-refractivity contribution is 0.771. The Bertz CT molecular complexity index is 304. The molecule has 0 aliphatic heterocycles. The average Bonchev–Trinajstić information content (AvgIpc) is 2.29. The van der Waals surface area contributed by atoms with Gasteiger partial charge >= 0.3 is 0 Å². The van der Waals surface area contributed by atoms with Gasteiger partial charge in [0.05, 0.1) is 0 Å². The number of hydrogen-bond donors (Lipinski definition) is 2. The van der Waals surface area contributed by atoms with Gasteiger partial charge in [-0.05, 0) is 30.9 Å². The second kappa shape index (κ2) is 7.39. The molecule has 1 aromatic rings. The summed E-state index contributed by atoms with van der Waals surface area (Å²) in [5.41, 5.74) is 1.13. The van der Waals surface area contributed by atoms with Crippen LogP contribution in [0.5, 0.6) is 0 Å². The van der Waals surface area contributed by atoms with Gasteiger partial charge in [-0.2, -0.15) is 11.8 Å². The van der Waals surface area contributed by atoms with E-state index in [0.717, 1.165) is 11.5 Å². The summed E-state index contributed by atoms with van der Waals surface area (Å²) in [6.07, 6.45) is 3.01. The lowest BCUT2D eigenvalue weighted by Crippen LogP contribution is -2.16. The highest BCUT2D eigenvalue weighted by molar-refractivity contribution is 7.99. The van der Waals surface area contributed by atoms with E-state index in [1.54, 1.807) is 0 Å². The van der Waals surface area contributed by atoms with Gasteiger partial charge < -0.3 is 10.6 Å². The molecule has 0 saturated carbocycles. The number of nitrogens with zero attached hydrogens (tertiary/aromatic N) is 1. The minimum atomic E-state index is 0.506. The highest BCUT2D eigenvalue weighted by Gasteiger charge is 2.02. The van der Waals surface area contributed by atoms with Crippen molar-refractivity contribution in [2.24, 2.45) is 0 Å². The van der Waals surface area contributed by atoms with Crippen molar-refractivity contribution in [2.45, 2.75) is 26.3 Å². The molecular weight excluding hydrogens is 218 g/mol. The van der Waals surface area contributed by atoms with E-state index in [-0.39, 0.29) is 0 Å². The van der Waals surface area contributed by atoms with Crippen molar-refractivity contribution in [3.63, 3.8) is 0 Å². The van der Waals surface area contributed by atoms with Crippen LogP contribution in [0.4, 0.5) is 11.5 Å². The first kappa shape index (κ1) is 13.2. The van der Waals surface area contributed by atoms with Gasteiger partial charge in [0.25, 0.3) is 0 Å². The molecule has 0 spiro atoms. The van der Waals surface area contributed by atoms with E-state index in [2.05, 4.69) is 29.5 Å². The summed E-state index contributed by atoms with van der Waals surface area (Å²) in [4.78, 5) is 4.19. The highest BCUT2D eigenvalue weighted by atomic mass is 32.2. The summed E-state index contributed by atoms with van der Waals surface area (Å²) in [6.45, 7) is 4.42. The number of anilines is 2. The summed E-state index contributed by atoms with van der Waals surface area (Å²) in [6, 6.07) is 4.54. The Morgan fingerprint density at radius 3 is 3.00 bits per heavy atom. The second-order valence-electron chi connectivity index (χ2n) is 3.71. The van der Waals surface area contributed by atoms with Crippen LogP contribution in [0, 0.1) is 0 Å². The molecule has 0 radical (unpaired) electrons. The first-order chi connectivity index (χ1) is 7.76. The molecule has 2 N–H and O–H groups in total. The van der Waals surface area contributed by atoms with Crippen molar-refractivity contribution in [3.8, 4) is 0 Å². The van der Waals surface area contributed by atoms with E-state index in [0.29, 0.717) is 6.04 Å². The van der Waals surface area contributed by atoms with Crippen molar-refractivity contribution in [2.75, 3.05) is 29.2 Å². The second-order valence-corrected chi connectivity index (χ2v) is 5.10. The van der Waals surface area contributed by atoms with Gasteiger partial charge in [0.15, 0.2) is 0 Å². The van der Waals surface area contributed by atoms with E-state index in [4.69, 9.17) is 0 Å². The van der Waals surface area contributed by atoms with Crippen molar-refractivity contribution in [1.82, 2.24) is 4.98 Å². The van der Waals surface area contributed by atoms with Gasteiger partial charge in [-0.15, -0.1) is 0 Å². The fourth-order valence-corrected chi connectivity index (χ4v) is 2.23. The van der Waals surface area contributed by atoms with Gasteiger partial charge in [0.1, 0.15) is 5.82 Å². The third-order valence-corrected chi connectivity index (χ3v) is 3.26. The highest BCUT2D eigenvalue weighted by Crippen LogP contribution is 2.14. The molecule has 1 atom stereocenters. The van der Waals surface area contributed by atoms with E-state index in [9.17, 15) is 0 Å². The molecule has 1 aromatic heterocycles. The van der Waals surface area contributed by atoms with Crippen molar-refractivity contribution in [1.29, 1.82) is 0 Å². The van der Waals surface area contributed by atoms with Gasteiger partial charge in [0, 0.05) is 31.0 Å². The maximum atomic E-state index is 4.19. The summed E-state index contributed by atoms with van der Waals surface area (Å²) >= 11 is 1.99. The Labute approximate surface area is 102 Å². The molecule has 1 heterocycles. The summed E-state index contributed by atoms with van der Waals surface area (Å²) in [5, 5.41) is 6.52. The lowest BCUT2D eigenvalue weighted by Gasteiger charge is -2.15. The van der Waals surface area contributed by atoms with E-state index < -0.39 is 0 Å². The average molecular weight is 239 g/mol. The SMILES string of the molecule is CCSCCC(C)Nc1ccnc(NC)c1. The number of nitrogens with one attached hydrogen (secondary N) is 2. The minimum absolute atomic E-state index is 0.506. The van der Waals surface area contributed by atoms with Gasteiger partial charge in [-0.1, -0.05) is 6.92 Å². The Balaban J connectivity index is 2.39. The zero-order valence-electron chi connectivity index (χ0n) is 10.3. The van der Waals surface area contributed by atoms with Crippen LogP contribution >= 0.6 is 11.8 Å². The molecule has 90 valence electrons. The molecular formula is C12H21N3S. The van der Waals surface area contributed by atoms with E-state index in [1.165, 1.54) is 17.9 Å². The number of hydrogen-bond acceptors (Lipinski definition) is 4. The van der Waals surface area contributed by atoms with Crippen molar-refractivity contribution < 1.29 is 0 Å². The first-order valence-corrected chi connectivity index (χ1v) is 6.89. The van der Waals surface area contributed by atoms with Crippen LogP contribution < -0.4 is 10.6 Å². The maximum Gasteiger partial charge on any atom is 0.127 e. The quantitative estimate of drug-likeness (QED) is 0.717. The Hall–Kier alpha value is -0.900. The van der Waals surface area contributed by atoms with Crippen LogP contribution in [-0.4, -0.2) is 29.6 Å². The van der Waals surface area contributed by atoms with Crippen LogP contribution in [0.15, 0.2) is 18.3 Å². The summed E-state index contributed by atoms with van der Waals surface area (Å²) < 4.78 is 0. The number of aromatic nitrogens is 1. The van der Waals surface area contributed by atoms with E-state index in [1.807, 2.05) is 37.1 Å². The van der Waals surface area contributed by atoms with Gasteiger partial charge in [-0.25, -0.2) is 4.98 Å². The third kappa shape index (κ3) is 4.75. The zero-order valence-corrected chi connectivity index (χ0v) is 11.1. The molecule has 1 rings (SSSR count). The fraction of sp³-hybridized carbons (Fsp3) is 0.583. The van der Waals surface area contributed by atoms with Crippen LogP contribution in [0.1, 0.15) is 20.3 Å². The normalized spacial score (nSPS) is 12.2. The predicted molar refractivity (Wildman–Crippen MR) is 74.5 cm³/mol. The topological polar surface area (TPSA) is 37.0 Å². The van der Waals surface area contributed by atoms with Crippen molar-refractivity contribution in [3.05, 3.63) is 18.3 Å². The molecule has 0 fully saturated rings. The van der Waals surface area contributed by atoms with Crippen LogP contribution in [0.3, 0.4) is 0 Å². The number of thioether (sulfide) groups is 1. The largest absolute Gasteiger partial charge is 0.382 e. The maximum absolute atomic E-state index is 4.19. The first-order valence-electron chi connectivity index (χ1n) is 5.74. The molecule has 16 heavy (non-hydrogen) atoms. The van der Waals surface area contributed by atoms with Crippen LogP contribution in [-0.2, 0) is 0 Å². The molecule has 0 aromatic carbocycles. The lowest BCUT2D eigenvalue weighted by atomic mass is 10.2. The Morgan fingerprint density at radius 2 is 2.31 bits per heavy atom. The molecule has 1 unspecified atom stereocenters. The molecule has 0 saturated heterocycles. The standard InChI is InChI=1S/C12H21N3S/c1-4-16-8-6-10(2)15-11-5-7-14-12(9-11)13-3/h5,7,9-10H,4,6,8H2,1-3H3,(H2,13,14,15). The molecule has 0 amide bonds. The van der Waals surface area contributed by atoms with Crippen LogP contribution in [0.25, 0.3) is 0 Å². The van der Waals surface area contributed by atoms with Crippen molar-refractivity contribution >= 4 is 23.3 Å². The Morgan fingerprint density at radius 1 is 1.50 bits per heavy atom. The Kier molecular flexibility index (Phi) is 6.08. The molecule has 3 nitrogen and oxygen atoms in total. The van der Waals surface area contributed by atoms with Crippen LogP contribution in [0.2, 0.25) is 0 Å². The summed E-state index contributed by atoms with van der Waals surface area (Å²) in [7, 11) is 1.88. The number of pyridine rings is 1. The monoisotopic (exact) mass is 239 g/mol. The number of rotatable bonds is 7. The zero-order chi connectivity index (χ0) is 11.8.